The van der Waals surface area contributed by atoms with E-state index in [0.717, 1.165) is 0 Å². The molecule has 2 aliphatic rings. The van der Waals surface area contributed by atoms with Crippen LogP contribution in [-0.2, 0) is 10.8 Å². The van der Waals surface area contributed by atoms with Gasteiger partial charge in [-0.15, -0.1) is 0 Å². The van der Waals surface area contributed by atoms with Crippen molar-refractivity contribution in [2.24, 2.45) is 0 Å². The lowest BCUT2D eigenvalue weighted by Crippen LogP contribution is -2.18. The second-order valence-electron chi connectivity index (χ2n) is 15.5. The van der Waals surface area contributed by atoms with Gasteiger partial charge >= 0.3 is 0 Å². The first-order chi connectivity index (χ1) is 24.6. The van der Waals surface area contributed by atoms with Crippen molar-refractivity contribution in [1.29, 1.82) is 0 Å². The number of fused-ring (bicyclic) bond motifs is 6. The zero-order chi connectivity index (χ0) is 35.1. The molecule has 7 aromatic rings. The first-order valence-corrected chi connectivity index (χ1v) is 18.2. The maximum atomic E-state index is 2.50. The first-order valence-electron chi connectivity index (χ1n) is 18.2. The van der Waals surface area contributed by atoms with Crippen LogP contribution in [0.3, 0.4) is 0 Å². The number of hydrogen-bond donors (Lipinski definition) is 0. The van der Waals surface area contributed by atoms with E-state index in [2.05, 4.69) is 198 Å². The lowest BCUT2D eigenvalue weighted by atomic mass is 9.82. The molecule has 0 saturated carbocycles. The minimum Gasteiger partial charge on any atom is -0.310 e. The molecule has 0 aromatic heterocycles. The van der Waals surface area contributed by atoms with Gasteiger partial charge in [0.05, 0.1) is 0 Å². The fourth-order valence-electron chi connectivity index (χ4n) is 8.92. The fourth-order valence-corrected chi connectivity index (χ4v) is 8.92. The van der Waals surface area contributed by atoms with Crippen LogP contribution < -0.4 is 4.90 Å². The third-order valence-electron chi connectivity index (χ3n) is 11.7. The summed E-state index contributed by atoms with van der Waals surface area (Å²) in [5, 5.41) is 0. The Hall–Kier alpha value is -5.66. The average Bonchev–Trinajstić information content (AvgIpc) is 3.53. The summed E-state index contributed by atoms with van der Waals surface area (Å²) in [4.78, 5) is 2.50. The second kappa shape index (κ2) is 11.4. The van der Waals surface area contributed by atoms with E-state index >= 15 is 0 Å². The summed E-state index contributed by atoms with van der Waals surface area (Å²) in [6, 6.07) is 56.5. The third-order valence-corrected chi connectivity index (χ3v) is 11.7. The van der Waals surface area contributed by atoms with Crippen molar-refractivity contribution in [2.45, 2.75) is 52.4 Å². The van der Waals surface area contributed by atoms with E-state index in [-0.39, 0.29) is 10.8 Å². The maximum absolute atomic E-state index is 2.50. The topological polar surface area (TPSA) is 3.24 Å². The number of aryl methyl sites for hydroxylation is 2. The molecule has 9 rings (SSSR count). The smallest absolute Gasteiger partial charge is 0.0493 e. The summed E-state index contributed by atoms with van der Waals surface area (Å²) >= 11 is 0. The quantitative estimate of drug-likeness (QED) is 0.178. The Morgan fingerprint density at radius 2 is 0.804 bits per heavy atom. The van der Waals surface area contributed by atoms with E-state index < -0.39 is 0 Å². The molecule has 248 valence electrons. The van der Waals surface area contributed by atoms with Crippen molar-refractivity contribution < 1.29 is 0 Å². The molecule has 0 spiro atoms. The molecule has 0 aliphatic heterocycles. The zero-order valence-corrected chi connectivity index (χ0v) is 30.4. The largest absolute Gasteiger partial charge is 0.310 e. The standard InChI is InChI=1S/C50H43N/c1-32-29-48(33(2)28-43(32)36-22-20-35(21-23-36)34-14-8-7-9-15-34)51(37-24-26-41-39-16-10-12-18-44(39)49(3,4)46(41)30-37)38-25-27-42-40-17-11-13-19-45(40)50(5,6)47(42)31-38/h7-31H,1-6H3. The molecule has 1 nitrogen and oxygen atoms in total. The minimum atomic E-state index is -0.0874. The van der Waals surface area contributed by atoms with E-state index in [4.69, 9.17) is 0 Å². The molecule has 0 saturated heterocycles. The number of nitrogens with zero attached hydrogens (tertiary/aromatic N) is 1. The van der Waals surface area contributed by atoms with Crippen LogP contribution in [0.15, 0.2) is 152 Å². The Balaban J connectivity index is 1.20. The molecule has 0 unspecified atom stereocenters. The van der Waals surface area contributed by atoms with Gasteiger partial charge in [0, 0.05) is 27.9 Å². The van der Waals surface area contributed by atoms with Gasteiger partial charge in [0.25, 0.3) is 0 Å². The average molecular weight is 658 g/mol. The number of rotatable bonds is 5. The molecule has 2 aliphatic carbocycles. The van der Waals surface area contributed by atoms with Gasteiger partial charge in [-0.2, -0.15) is 0 Å². The predicted octanol–water partition coefficient (Wildman–Crippen LogP) is 13.7. The summed E-state index contributed by atoms with van der Waals surface area (Å²) < 4.78 is 0. The molecule has 1 heteroatoms. The van der Waals surface area contributed by atoms with E-state index in [1.165, 1.54) is 95.0 Å². The molecule has 0 fully saturated rings. The molecule has 0 bridgehead atoms. The minimum absolute atomic E-state index is 0.0874. The van der Waals surface area contributed by atoms with E-state index in [9.17, 15) is 0 Å². The lowest BCUT2D eigenvalue weighted by molar-refractivity contribution is 0.660. The monoisotopic (exact) mass is 657 g/mol. The van der Waals surface area contributed by atoms with Gasteiger partial charge < -0.3 is 4.90 Å². The van der Waals surface area contributed by atoms with Crippen LogP contribution in [-0.4, -0.2) is 0 Å². The SMILES string of the molecule is Cc1cc(N(c2ccc3c(c2)C(C)(C)c2ccccc2-3)c2ccc3c(c2)C(C)(C)c2ccccc2-3)c(C)cc1-c1ccc(-c2ccccc2)cc1. The highest BCUT2D eigenvalue weighted by molar-refractivity contribution is 5.89. The summed E-state index contributed by atoms with van der Waals surface area (Å²) in [7, 11) is 0. The van der Waals surface area contributed by atoms with Crippen LogP contribution in [0.1, 0.15) is 61.1 Å². The summed E-state index contributed by atoms with van der Waals surface area (Å²) in [5.41, 5.74) is 21.8. The lowest BCUT2D eigenvalue weighted by Gasteiger charge is -2.31. The Kier molecular flexibility index (Phi) is 7.03. The number of hydrogen-bond acceptors (Lipinski definition) is 1. The van der Waals surface area contributed by atoms with Crippen molar-refractivity contribution in [1.82, 2.24) is 0 Å². The van der Waals surface area contributed by atoms with Crippen molar-refractivity contribution in [3.63, 3.8) is 0 Å². The van der Waals surface area contributed by atoms with E-state index in [0.29, 0.717) is 0 Å². The summed E-state index contributed by atoms with van der Waals surface area (Å²) in [6.07, 6.45) is 0. The number of anilines is 3. The van der Waals surface area contributed by atoms with Gasteiger partial charge in [-0.05, 0) is 128 Å². The van der Waals surface area contributed by atoms with Gasteiger partial charge in [-0.25, -0.2) is 0 Å². The highest BCUT2D eigenvalue weighted by atomic mass is 15.1. The Bertz CT molecular complexity index is 2370. The predicted molar refractivity (Wildman–Crippen MR) is 217 cm³/mol. The molecule has 0 atom stereocenters. The third kappa shape index (κ3) is 4.83. The molecule has 0 amide bonds. The van der Waals surface area contributed by atoms with Crippen LogP contribution in [0, 0.1) is 13.8 Å². The van der Waals surface area contributed by atoms with Crippen LogP contribution in [0.25, 0.3) is 44.5 Å². The van der Waals surface area contributed by atoms with Crippen molar-refractivity contribution in [3.05, 3.63) is 185 Å². The van der Waals surface area contributed by atoms with Gasteiger partial charge in [-0.1, -0.05) is 143 Å². The molecule has 0 heterocycles. The molecule has 51 heavy (non-hydrogen) atoms. The Labute approximate surface area is 302 Å². The van der Waals surface area contributed by atoms with Gasteiger partial charge in [0.15, 0.2) is 0 Å². The first kappa shape index (κ1) is 31.3. The number of benzene rings is 7. The zero-order valence-electron chi connectivity index (χ0n) is 30.4. The van der Waals surface area contributed by atoms with Gasteiger partial charge in [-0.3, -0.25) is 0 Å². The Morgan fingerprint density at radius 3 is 1.35 bits per heavy atom. The molecule has 7 aromatic carbocycles. The van der Waals surface area contributed by atoms with Crippen molar-refractivity contribution in [2.75, 3.05) is 4.90 Å². The van der Waals surface area contributed by atoms with Crippen LogP contribution in [0.4, 0.5) is 17.1 Å². The van der Waals surface area contributed by atoms with Crippen LogP contribution in [0.2, 0.25) is 0 Å². The van der Waals surface area contributed by atoms with E-state index in [1.807, 2.05) is 0 Å². The van der Waals surface area contributed by atoms with Crippen LogP contribution in [0.5, 0.6) is 0 Å². The van der Waals surface area contributed by atoms with Crippen LogP contribution >= 0.6 is 0 Å². The molecule has 0 radical (unpaired) electrons. The van der Waals surface area contributed by atoms with Crippen molar-refractivity contribution >= 4 is 17.1 Å². The maximum Gasteiger partial charge on any atom is 0.0493 e. The van der Waals surface area contributed by atoms with Gasteiger partial charge in [0.1, 0.15) is 0 Å². The highest BCUT2D eigenvalue weighted by Crippen LogP contribution is 2.53. The normalized spacial score (nSPS) is 14.4. The molecule has 0 N–H and O–H groups in total. The second-order valence-corrected chi connectivity index (χ2v) is 15.5. The summed E-state index contributed by atoms with van der Waals surface area (Å²) in [5.74, 6) is 0. The van der Waals surface area contributed by atoms with E-state index in [1.54, 1.807) is 0 Å². The van der Waals surface area contributed by atoms with Gasteiger partial charge in [0.2, 0.25) is 0 Å². The highest BCUT2D eigenvalue weighted by Gasteiger charge is 2.37. The molecular formula is C50H43N. The fraction of sp³-hybridized carbons (Fsp3) is 0.160. The molecular weight excluding hydrogens is 615 g/mol. The Morgan fingerprint density at radius 1 is 0.353 bits per heavy atom. The van der Waals surface area contributed by atoms with Crippen molar-refractivity contribution in [3.8, 4) is 44.5 Å². The summed E-state index contributed by atoms with van der Waals surface area (Å²) in [6.45, 7) is 14.0.